The molecule has 0 aliphatic carbocycles. The van der Waals surface area contributed by atoms with Crippen molar-refractivity contribution in [3.8, 4) is 0 Å². The van der Waals surface area contributed by atoms with Crippen LogP contribution in [0.1, 0.15) is 24.4 Å². The van der Waals surface area contributed by atoms with Crippen molar-refractivity contribution >= 4 is 8.80 Å². The highest BCUT2D eigenvalue weighted by molar-refractivity contribution is 6.57. The second-order valence-electron chi connectivity index (χ2n) is 3.67. The van der Waals surface area contributed by atoms with Crippen molar-refractivity contribution in [2.45, 2.75) is 32.0 Å². The van der Waals surface area contributed by atoms with Crippen LogP contribution in [0.15, 0.2) is 30.3 Å². The van der Waals surface area contributed by atoms with Gasteiger partial charge in [-0.1, -0.05) is 56.8 Å². The van der Waals surface area contributed by atoms with Crippen LogP contribution in [0.3, 0.4) is 0 Å². The molecule has 1 rings (SSSR count). The summed E-state index contributed by atoms with van der Waals surface area (Å²) in [6.45, 7) is 7.16. The predicted molar refractivity (Wildman–Crippen MR) is 58.4 cm³/mol. The largest absolute Gasteiger partial charge is 0.0717 e. The van der Waals surface area contributed by atoms with E-state index in [2.05, 4.69) is 50.3 Å². The third-order valence-electron chi connectivity index (χ3n) is 2.47. The number of rotatable bonds is 3. The second-order valence-corrected chi connectivity index (χ2v) is 6.96. The standard InChI is InChI=1S/C11H18Si/c1-4-11(12(2)3)10-8-6-5-7-9-10/h5-9,11-12H,4H2,1-3H3. The maximum absolute atomic E-state index is 2.43. The van der Waals surface area contributed by atoms with Crippen molar-refractivity contribution in [3.05, 3.63) is 35.9 Å². The molecular formula is C11H18Si. The van der Waals surface area contributed by atoms with Gasteiger partial charge in [0, 0.05) is 8.80 Å². The van der Waals surface area contributed by atoms with Crippen molar-refractivity contribution in [1.82, 2.24) is 0 Å². The lowest BCUT2D eigenvalue weighted by molar-refractivity contribution is 0.861. The van der Waals surface area contributed by atoms with Crippen molar-refractivity contribution in [3.63, 3.8) is 0 Å². The molecule has 1 aromatic rings. The first-order chi connectivity index (χ1) is 5.75. The Kier molecular flexibility index (Phi) is 3.54. The fourth-order valence-electron chi connectivity index (χ4n) is 1.79. The van der Waals surface area contributed by atoms with Gasteiger partial charge in [-0.15, -0.1) is 0 Å². The molecule has 0 fully saturated rings. The van der Waals surface area contributed by atoms with E-state index in [1.807, 2.05) is 0 Å². The Bertz CT molecular complexity index is 216. The van der Waals surface area contributed by atoms with E-state index in [4.69, 9.17) is 0 Å². The summed E-state index contributed by atoms with van der Waals surface area (Å²) in [6.07, 6.45) is 1.30. The summed E-state index contributed by atoms with van der Waals surface area (Å²) in [7, 11) is -0.512. The van der Waals surface area contributed by atoms with Crippen molar-refractivity contribution in [2.24, 2.45) is 0 Å². The summed E-state index contributed by atoms with van der Waals surface area (Å²) in [5.41, 5.74) is 2.41. The van der Waals surface area contributed by atoms with E-state index in [0.717, 1.165) is 5.54 Å². The Balaban J connectivity index is 2.80. The molecule has 0 saturated heterocycles. The zero-order chi connectivity index (χ0) is 8.97. The summed E-state index contributed by atoms with van der Waals surface area (Å²) >= 11 is 0. The molecule has 0 heterocycles. The molecule has 0 radical (unpaired) electrons. The van der Waals surface area contributed by atoms with Gasteiger partial charge in [0.05, 0.1) is 0 Å². The van der Waals surface area contributed by atoms with E-state index in [0.29, 0.717) is 0 Å². The van der Waals surface area contributed by atoms with Crippen LogP contribution < -0.4 is 0 Å². The molecular weight excluding hydrogens is 160 g/mol. The van der Waals surface area contributed by atoms with Crippen LogP contribution in [0, 0.1) is 0 Å². The summed E-state index contributed by atoms with van der Waals surface area (Å²) in [4.78, 5) is 0. The average molecular weight is 178 g/mol. The van der Waals surface area contributed by atoms with Gasteiger partial charge in [0.15, 0.2) is 0 Å². The Morgan fingerprint density at radius 2 is 1.75 bits per heavy atom. The van der Waals surface area contributed by atoms with Gasteiger partial charge in [-0.25, -0.2) is 0 Å². The van der Waals surface area contributed by atoms with Gasteiger partial charge in [-0.2, -0.15) is 0 Å². The SMILES string of the molecule is CCC(c1ccccc1)[SiH](C)C. The van der Waals surface area contributed by atoms with Crippen LogP contribution in [0.25, 0.3) is 0 Å². The number of hydrogen-bond acceptors (Lipinski definition) is 0. The molecule has 0 aromatic heterocycles. The molecule has 1 unspecified atom stereocenters. The molecule has 0 amide bonds. The van der Waals surface area contributed by atoms with Crippen LogP contribution in [0.2, 0.25) is 13.1 Å². The van der Waals surface area contributed by atoms with Crippen molar-refractivity contribution < 1.29 is 0 Å². The van der Waals surface area contributed by atoms with Crippen LogP contribution in [-0.4, -0.2) is 8.80 Å². The summed E-state index contributed by atoms with van der Waals surface area (Å²) in [5, 5.41) is 0. The average Bonchev–Trinajstić information content (AvgIpc) is 2.07. The van der Waals surface area contributed by atoms with Crippen molar-refractivity contribution in [2.75, 3.05) is 0 Å². The van der Waals surface area contributed by atoms with E-state index in [1.54, 1.807) is 5.56 Å². The molecule has 66 valence electrons. The van der Waals surface area contributed by atoms with Gasteiger partial charge in [-0.05, 0) is 11.1 Å². The Labute approximate surface area is 77.2 Å². The minimum absolute atomic E-state index is 0.512. The summed E-state index contributed by atoms with van der Waals surface area (Å²) in [5.74, 6) is 0. The van der Waals surface area contributed by atoms with Crippen molar-refractivity contribution in [1.29, 1.82) is 0 Å². The van der Waals surface area contributed by atoms with Gasteiger partial charge < -0.3 is 0 Å². The fourth-order valence-corrected chi connectivity index (χ4v) is 3.73. The quantitative estimate of drug-likeness (QED) is 0.624. The first kappa shape index (κ1) is 9.52. The monoisotopic (exact) mass is 178 g/mol. The first-order valence-corrected chi connectivity index (χ1v) is 7.78. The lowest BCUT2D eigenvalue weighted by Crippen LogP contribution is -2.14. The third-order valence-corrected chi connectivity index (χ3v) is 4.94. The topological polar surface area (TPSA) is 0 Å². The third kappa shape index (κ3) is 2.21. The maximum Gasteiger partial charge on any atom is 0.0388 e. The summed E-state index contributed by atoms with van der Waals surface area (Å²) in [6, 6.07) is 10.9. The normalized spacial score (nSPS) is 13.3. The second kappa shape index (κ2) is 4.46. The molecule has 1 heteroatoms. The van der Waals surface area contributed by atoms with E-state index in [1.165, 1.54) is 6.42 Å². The molecule has 0 bridgehead atoms. The highest BCUT2D eigenvalue weighted by atomic mass is 28.3. The molecule has 0 aliphatic rings. The zero-order valence-electron chi connectivity index (χ0n) is 8.25. The minimum Gasteiger partial charge on any atom is -0.0717 e. The Hall–Kier alpha value is -0.563. The molecule has 0 spiro atoms. The van der Waals surface area contributed by atoms with E-state index in [-0.39, 0.29) is 0 Å². The van der Waals surface area contributed by atoms with Gasteiger partial charge >= 0.3 is 0 Å². The van der Waals surface area contributed by atoms with Crippen LogP contribution >= 0.6 is 0 Å². The highest BCUT2D eigenvalue weighted by Crippen LogP contribution is 2.21. The lowest BCUT2D eigenvalue weighted by Gasteiger charge is -2.17. The maximum atomic E-state index is 2.43. The summed E-state index contributed by atoms with van der Waals surface area (Å²) < 4.78 is 0. The smallest absolute Gasteiger partial charge is 0.0388 e. The van der Waals surface area contributed by atoms with E-state index in [9.17, 15) is 0 Å². The Morgan fingerprint density at radius 1 is 1.17 bits per heavy atom. The van der Waals surface area contributed by atoms with Crippen LogP contribution in [-0.2, 0) is 0 Å². The molecule has 0 saturated carbocycles. The van der Waals surface area contributed by atoms with Gasteiger partial charge in [0.1, 0.15) is 0 Å². The van der Waals surface area contributed by atoms with Gasteiger partial charge in [0.2, 0.25) is 0 Å². The van der Waals surface area contributed by atoms with Crippen LogP contribution in [0.4, 0.5) is 0 Å². The zero-order valence-corrected chi connectivity index (χ0v) is 9.40. The molecule has 0 aliphatic heterocycles. The van der Waals surface area contributed by atoms with Crippen LogP contribution in [0.5, 0.6) is 0 Å². The predicted octanol–water partition coefficient (Wildman–Crippen LogP) is 3.21. The first-order valence-electron chi connectivity index (χ1n) is 4.80. The molecule has 1 atom stereocenters. The fraction of sp³-hybridized carbons (Fsp3) is 0.455. The number of benzene rings is 1. The highest BCUT2D eigenvalue weighted by Gasteiger charge is 2.13. The van der Waals surface area contributed by atoms with E-state index >= 15 is 0 Å². The van der Waals surface area contributed by atoms with E-state index < -0.39 is 8.80 Å². The van der Waals surface area contributed by atoms with Gasteiger partial charge in [0.25, 0.3) is 0 Å². The number of hydrogen-bond donors (Lipinski definition) is 0. The minimum atomic E-state index is -0.512. The molecule has 1 aromatic carbocycles. The molecule has 0 N–H and O–H groups in total. The molecule has 0 nitrogen and oxygen atoms in total. The lowest BCUT2D eigenvalue weighted by atomic mass is 10.1. The Morgan fingerprint density at radius 3 is 2.17 bits per heavy atom. The molecule has 12 heavy (non-hydrogen) atoms. The van der Waals surface area contributed by atoms with Gasteiger partial charge in [-0.3, -0.25) is 0 Å².